The maximum Gasteiger partial charge on any atom is 0.423 e. The fourth-order valence-corrected chi connectivity index (χ4v) is 4.13. The van der Waals surface area contributed by atoms with Crippen LogP contribution >= 0.6 is 0 Å². The van der Waals surface area contributed by atoms with Gasteiger partial charge in [0.1, 0.15) is 24.2 Å². The highest BCUT2D eigenvalue weighted by molar-refractivity contribution is 5.86. The average molecular weight is 570 g/mol. The zero-order valence-corrected chi connectivity index (χ0v) is 20.6. The predicted molar refractivity (Wildman–Crippen MR) is 131 cm³/mol. The van der Waals surface area contributed by atoms with Gasteiger partial charge in [0.25, 0.3) is 11.1 Å². The Labute approximate surface area is 220 Å². The molecule has 0 bridgehead atoms. The van der Waals surface area contributed by atoms with Gasteiger partial charge >= 0.3 is 6.18 Å². The quantitative estimate of drug-likeness (QED) is 0.277. The van der Waals surface area contributed by atoms with Crippen LogP contribution < -0.4 is 16.4 Å². The van der Waals surface area contributed by atoms with Gasteiger partial charge in [-0.1, -0.05) is 0 Å². The Hall–Kier alpha value is -4.30. The molecule has 0 saturated carbocycles. The van der Waals surface area contributed by atoms with Crippen molar-refractivity contribution in [3.05, 3.63) is 80.6 Å². The number of aromatic amines is 1. The molecule has 4 rings (SSSR count). The third-order valence-electron chi connectivity index (χ3n) is 6.02. The van der Waals surface area contributed by atoms with Gasteiger partial charge in [0, 0.05) is 36.6 Å². The summed E-state index contributed by atoms with van der Waals surface area (Å²) in [4.78, 5) is 32.2. The van der Waals surface area contributed by atoms with E-state index >= 15 is 0 Å². The molecule has 15 heteroatoms. The van der Waals surface area contributed by atoms with Crippen LogP contribution in [-0.2, 0) is 12.7 Å². The largest absolute Gasteiger partial charge is 0.423 e. The summed E-state index contributed by atoms with van der Waals surface area (Å²) in [7, 11) is 0. The topological polar surface area (TPSA) is 106 Å². The maximum absolute atomic E-state index is 14.9. The van der Waals surface area contributed by atoms with Crippen molar-refractivity contribution in [3.8, 4) is 11.4 Å². The van der Waals surface area contributed by atoms with Gasteiger partial charge in [-0.2, -0.15) is 18.3 Å². The van der Waals surface area contributed by atoms with Crippen LogP contribution in [0.1, 0.15) is 30.6 Å². The number of halogens is 7. The number of hydrogen-bond acceptors (Lipinski definition) is 6. The Kier molecular flexibility index (Phi) is 8.21. The first-order chi connectivity index (χ1) is 18.9. The van der Waals surface area contributed by atoms with E-state index in [1.807, 2.05) is 0 Å². The molecule has 0 radical (unpaired) electrons. The third-order valence-corrected chi connectivity index (χ3v) is 6.02. The summed E-state index contributed by atoms with van der Waals surface area (Å²) in [6.45, 7) is -0.347. The van der Waals surface area contributed by atoms with Crippen molar-refractivity contribution in [2.75, 3.05) is 12.0 Å². The van der Waals surface area contributed by atoms with Crippen molar-refractivity contribution in [2.24, 2.45) is 0 Å². The summed E-state index contributed by atoms with van der Waals surface area (Å²) in [6, 6.07) is 2.76. The second-order valence-electron chi connectivity index (χ2n) is 9.02. The van der Waals surface area contributed by atoms with E-state index in [0.717, 1.165) is 29.2 Å². The molecule has 1 unspecified atom stereocenters. The van der Waals surface area contributed by atoms with Gasteiger partial charge in [0.05, 0.1) is 29.4 Å². The minimum absolute atomic E-state index is 0.0793. The monoisotopic (exact) mass is 570 g/mol. The number of hydrogen-bond donors (Lipinski definition) is 2. The number of aromatic nitrogens is 5. The van der Waals surface area contributed by atoms with Crippen LogP contribution in [0.4, 0.5) is 36.4 Å². The minimum Gasteiger partial charge on any atom is -0.381 e. The van der Waals surface area contributed by atoms with Gasteiger partial charge in [0.2, 0.25) is 0 Å². The van der Waals surface area contributed by atoms with E-state index in [2.05, 4.69) is 20.4 Å². The van der Waals surface area contributed by atoms with Crippen LogP contribution in [0.15, 0.2) is 52.6 Å². The number of anilines is 1. The fraction of sp³-hybridized carbons (Fsp3) is 0.320. The van der Waals surface area contributed by atoms with Gasteiger partial charge in [-0.05, 0) is 30.5 Å². The number of fused-ring (bicyclic) bond motifs is 1. The van der Waals surface area contributed by atoms with E-state index < -0.39 is 66.0 Å². The van der Waals surface area contributed by atoms with E-state index in [-0.39, 0.29) is 34.1 Å². The average Bonchev–Trinajstić information content (AvgIpc) is 2.89. The number of H-pyrrole nitrogens is 1. The van der Waals surface area contributed by atoms with Crippen molar-refractivity contribution in [2.45, 2.75) is 44.5 Å². The number of alkyl halides is 6. The molecule has 3 atom stereocenters. The van der Waals surface area contributed by atoms with Crippen molar-refractivity contribution in [1.29, 1.82) is 0 Å². The van der Waals surface area contributed by atoms with Gasteiger partial charge in [-0.15, -0.1) is 0 Å². The Morgan fingerprint density at radius 2 is 1.80 bits per heavy atom. The molecule has 0 aliphatic carbocycles. The molecule has 0 amide bonds. The third kappa shape index (κ3) is 6.13. The Balaban J connectivity index is 1.51. The van der Waals surface area contributed by atoms with Crippen molar-refractivity contribution in [3.63, 3.8) is 0 Å². The molecule has 4 aromatic rings. The Bertz CT molecular complexity index is 1620. The SMILES string of the molecule is C[C@@H](C[C@H](F)Cn1ccc2cc(-c3ncc(C(F)CF)cn3)c(F)cc2c1=O)Nc1cn[nH]c(=O)c1C(F)(F)F. The van der Waals surface area contributed by atoms with E-state index in [4.69, 9.17) is 0 Å². The first-order valence-electron chi connectivity index (χ1n) is 11.8. The van der Waals surface area contributed by atoms with Crippen LogP contribution in [-0.4, -0.2) is 43.6 Å². The van der Waals surface area contributed by atoms with Crippen LogP contribution in [0, 0.1) is 5.82 Å². The lowest BCUT2D eigenvalue weighted by molar-refractivity contribution is -0.138. The van der Waals surface area contributed by atoms with Crippen LogP contribution in [0.25, 0.3) is 22.2 Å². The predicted octanol–water partition coefficient (Wildman–Crippen LogP) is 4.91. The summed E-state index contributed by atoms with van der Waals surface area (Å²) in [6.07, 6.45) is -4.82. The molecule has 3 aromatic heterocycles. The minimum atomic E-state index is -4.97. The number of nitrogens with zero attached hydrogens (tertiary/aromatic N) is 4. The molecule has 0 aliphatic rings. The van der Waals surface area contributed by atoms with Gasteiger partial charge in [-0.3, -0.25) is 9.59 Å². The molecule has 40 heavy (non-hydrogen) atoms. The summed E-state index contributed by atoms with van der Waals surface area (Å²) >= 11 is 0. The molecule has 1 aromatic carbocycles. The van der Waals surface area contributed by atoms with E-state index in [0.29, 0.717) is 0 Å². The highest BCUT2D eigenvalue weighted by Gasteiger charge is 2.37. The molecule has 3 heterocycles. The Morgan fingerprint density at radius 1 is 1.10 bits per heavy atom. The van der Waals surface area contributed by atoms with Crippen molar-refractivity contribution < 1.29 is 30.7 Å². The van der Waals surface area contributed by atoms with Gasteiger partial charge in [0.15, 0.2) is 12.0 Å². The second-order valence-corrected chi connectivity index (χ2v) is 9.02. The smallest absolute Gasteiger partial charge is 0.381 e. The van der Waals surface area contributed by atoms with Crippen LogP contribution in [0.2, 0.25) is 0 Å². The Morgan fingerprint density at radius 3 is 2.45 bits per heavy atom. The summed E-state index contributed by atoms with van der Waals surface area (Å²) in [5, 5.41) is 7.67. The van der Waals surface area contributed by atoms with Crippen LogP contribution in [0.3, 0.4) is 0 Å². The van der Waals surface area contributed by atoms with E-state index in [1.54, 1.807) is 5.10 Å². The summed E-state index contributed by atoms with van der Waals surface area (Å²) in [5.74, 6) is -0.994. The highest BCUT2D eigenvalue weighted by atomic mass is 19.4. The van der Waals surface area contributed by atoms with Crippen molar-refractivity contribution >= 4 is 16.5 Å². The zero-order chi connectivity index (χ0) is 29.2. The lowest BCUT2D eigenvalue weighted by Gasteiger charge is -2.20. The first kappa shape index (κ1) is 28.7. The van der Waals surface area contributed by atoms with E-state index in [9.17, 15) is 40.3 Å². The molecule has 0 spiro atoms. The molecule has 0 fully saturated rings. The summed E-state index contributed by atoms with van der Waals surface area (Å²) in [5.41, 5.74) is -4.49. The molecule has 0 saturated heterocycles. The molecule has 0 aliphatic heterocycles. The lowest BCUT2D eigenvalue weighted by Crippen LogP contribution is -2.30. The number of nitrogens with one attached hydrogen (secondary N) is 2. The highest BCUT2D eigenvalue weighted by Crippen LogP contribution is 2.32. The standard InChI is InChI=1S/C25H21F7N6O2/c1-12(36-20-10-35-37-23(39)21(20)25(30,31)32)4-15(27)11-38-3-2-13-5-17(18(28)6-16(13)24(38)40)22-33-8-14(9-34-22)19(29)7-26/h2-3,5-6,8-10,12,15,19H,4,7,11H2,1H3,(H2,36,37,39)/t12-,15-,19?/m0/s1. The van der Waals surface area contributed by atoms with Crippen LogP contribution in [0.5, 0.6) is 0 Å². The lowest BCUT2D eigenvalue weighted by atomic mass is 10.1. The summed E-state index contributed by atoms with van der Waals surface area (Å²) < 4.78 is 96.4. The molecule has 2 N–H and O–H groups in total. The molecule has 212 valence electrons. The second kappa shape index (κ2) is 11.4. The molecule has 8 nitrogen and oxygen atoms in total. The zero-order valence-electron chi connectivity index (χ0n) is 20.6. The number of rotatable bonds is 9. The maximum atomic E-state index is 14.9. The van der Waals surface area contributed by atoms with Crippen molar-refractivity contribution in [1.82, 2.24) is 24.7 Å². The first-order valence-corrected chi connectivity index (χ1v) is 11.8. The van der Waals surface area contributed by atoms with Gasteiger partial charge < -0.3 is 9.88 Å². The fourth-order valence-electron chi connectivity index (χ4n) is 4.13. The molecular weight excluding hydrogens is 549 g/mol. The van der Waals surface area contributed by atoms with E-state index in [1.165, 1.54) is 25.3 Å². The number of pyridine rings is 1. The van der Waals surface area contributed by atoms with Gasteiger partial charge in [-0.25, -0.2) is 32.6 Å². The normalized spacial score (nSPS) is 14.2. The number of benzene rings is 1. The molecular formula is C25H21F7N6O2.